The fraction of sp³-hybridized carbons (Fsp3) is 0.143. The van der Waals surface area contributed by atoms with Gasteiger partial charge < -0.3 is 4.98 Å². The lowest BCUT2D eigenvalue weighted by atomic mass is 10.0. The quantitative estimate of drug-likeness (QED) is 0.408. The normalized spacial score (nSPS) is 11.0. The van der Waals surface area contributed by atoms with Crippen LogP contribution in [0.15, 0.2) is 65.4 Å². The Morgan fingerprint density at radius 2 is 1.96 bits per heavy atom. The van der Waals surface area contributed by atoms with E-state index in [1.54, 1.807) is 36.3 Å². The van der Waals surface area contributed by atoms with Crippen LogP contribution < -0.4 is 0 Å². The fourth-order valence-electron chi connectivity index (χ4n) is 2.86. The van der Waals surface area contributed by atoms with E-state index in [0.29, 0.717) is 0 Å². The Bertz CT molecular complexity index is 1020. The van der Waals surface area contributed by atoms with Gasteiger partial charge in [0.2, 0.25) is 0 Å². The van der Waals surface area contributed by atoms with Crippen molar-refractivity contribution in [2.24, 2.45) is 0 Å². The molecule has 0 radical (unpaired) electrons. The SMILES string of the molecule is Cc1csc(CCSc2cc(-c3ncc[nH]3)c(-c3ccc(F)cc3)cn2)c1. The average molecular weight is 396 g/mol. The molecule has 27 heavy (non-hydrogen) atoms. The predicted octanol–water partition coefficient (Wildman–Crippen LogP) is 5.98. The first-order valence-corrected chi connectivity index (χ1v) is 10.5. The summed E-state index contributed by atoms with van der Waals surface area (Å²) < 4.78 is 13.3. The molecule has 3 aromatic heterocycles. The van der Waals surface area contributed by atoms with Gasteiger partial charge in [-0.25, -0.2) is 14.4 Å². The molecule has 3 heterocycles. The lowest BCUT2D eigenvalue weighted by molar-refractivity contribution is 0.628. The number of thioether (sulfide) groups is 1. The number of imidazole rings is 1. The van der Waals surface area contributed by atoms with Crippen LogP contribution in [-0.2, 0) is 6.42 Å². The number of aromatic nitrogens is 3. The molecule has 0 aliphatic carbocycles. The van der Waals surface area contributed by atoms with Crippen LogP contribution in [0.2, 0.25) is 0 Å². The minimum atomic E-state index is -0.248. The number of aromatic amines is 1. The van der Waals surface area contributed by atoms with Gasteiger partial charge in [-0.3, -0.25) is 0 Å². The minimum absolute atomic E-state index is 0.248. The van der Waals surface area contributed by atoms with Crippen molar-refractivity contribution in [3.8, 4) is 22.5 Å². The molecule has 0 fully saturated rings. The van der Waals surface area contributed by atoms with E-state index < -0.39 is 0 Å². The molecule has 1 aromatic carbocycles. The smallest absolute Gasteiger partial charge is 0.138 e. The highest BCUT2D eigenvalue weighted by atomic mass is 32.2. The van der Waals surface area contributed by atoms with E-state index >= 15 is 0 Å². The molecule has 1 N–H and O–H groups in total. The summed E-state index contributed by atoms with van der Waals surface area (Å²) >= 11 is 3.54. The van der Waals surface area contributed by atoms with Gasteiger partial charge in [0.25, 0.3) is 0 Å². The molecule has 4 aromatic rings. The van der Waals surface area contributed by atoms with Gasteiger partial charge in [0.15, 0.2) is 0 Å². The van der Waals surface area contributed by atoms with Crippen molar-refractivity contribution in [2.45, 2.75) is 18.4 Å². The number of thiophene rings is 1. The van der Waals surface area contributed by atoms with E-state index in [1.165, 1.54) is 22.6 Å². The molecule has 136 valence electrons. The molecule has 0 unspecified atom stereocenters. The van der Waals surface area contributed by atoms with E-state index in [9.17, 15) is 4.39 Å². The summed E-state index contributed by atoms with van der Waals surface area (Å²) in [5.41, 5.74) is 4.14. The number of halogens is 1. The molecular formula is C21H18FN3S2. The number of nitrogens with one attached hydrogen (secondary N) is 1. The van der Waals surface area contributed by atoms with Crippen LogP contribution in [0.4, 0.5) is 4.39 Å². The van der Waals surface area contributed by atoms with Crippen molar-refractivity contribution in [3.05, 3.63) is 76.6 Å². The number of aryl methyl sites for hydroxylation is 2. The second-order valence-corrected chi connectivity index (χ2v) is 8.31. The van der Waals surface area contributed by atoms with Gasteiger partial charge in [0, 0.05) is 40.3 Å². The molecule has 0 amide bonds. The van der Waals surface area contributed by atoms with Crippen LogP contribution in [0.25, 0.3) is 22.5 Å². The van der Waals surface area contributed by atoms with E-state index in [1.807, 2.05) is 17.5 Å². The molecule has 0 saturated carbocycles. The Morgan fingerprint density at radius 3 is 2.67 bits per heavy atom. The van der Waals surface area contributed by atoms with Crippen LogP contribution in [0.3, 0.4) is 0 Å². The zero-order valence-electron chi connectivity index (χ0n) is 14.8. The zero-order valence-corrected chi connectivity index (χ0v) is 16.4. The van der Waals surface area contributed by atoms with Crippen molar-refractivity contribution in [2.75, 3.05) is 5.75 Å². The summed E-state index contributed by atoms with van der Waals surface area (Å²) in [7, 11) is 0. The third-order valence-electron chi connectivity index (χ3n) is 4.17. The van der Waals surface area contributed by atoms with Crippen molar-refractivity contribution >= 4 is 23.1 Å². The number of nitrogens with zero attached hydrogens (tertiary/aromatic N) is 2. The zero-order chi connectivity index (χ0) is 18.6. The lowest BCUT2D eigenvalue weighted by Crippen LogP contribution is -1.93. The van der Waals surface area contributed by atoms with Gasteiger partial charge in [0.1, 0.15) is 11.6 Å². The first-order chi connectivity index (χ1) is 13.2. The fourth-order valence-corrected chi connectivity index (χ4v) is 4.73. The molecule has 0 atom stereocenters. The summed E-state index contributed by atoms with van der Waals surface area (Å²) in [6, 6.07) is 10.8. The second kappa shape index (κ2) is 8.06. The standard InChI is InChI=1S/C21H18FN3S2/c1-14-10-17(27-13-14)6-9-26-20-11-18(21-23-7-8-24-21)19(12-25-20)15-2-4-16(22)5-3-15/h2-5,7-8,10-13H,6,9H2,1H3,(H,23,24). The molecule has 0 bridgehead atoms. The highest BCUT2D eigenvalue weighted by molar-refractivity contribution is 7.99. The van der Waals surface area contributed by atoms with Crippen molar-refractivity contribution in [3.63, 3.8) is 0 Å². The monoisotopic (exact) mass is 395 g/mol. The first-order valence-electron chi connectivity index (χ1n) is 8.61. The van der Waals surface area contributed by atoms with E-state index in [4.69, 9.17) is 0 Å². The third kappa shape index (κ3) is 4.28. The maximum Gasteiger partial charge on any atom is 0.138 e. The van der Waals surface area contributed by atoms with Gasteiger partial charge in [-0.15, -0.1) is 23.1 Å². The molecule has 0 aliphatic heterocycles. The van der Waals surface area contributed by atoms with E-state index in [0.717, 1.165) is 39.7 Å². The van der Waals surface area contributed by atoms with Crippen LogP contribution in [0.5, 0.6) is 0 Å². The number of benzene rings is 1. The third-order valence-corrected chi connectivity index (χ3v) is 6.21. The van der Waals surface area contributed by atoms with Crippen LogP contribution in [-0.4, -0.2) is 20.7 Å². The van der Waals surface area contributed by atoms with Gasteiger partial charge in [0.05, 0.1) is 5.03 Å². The first kappa shape index (κ1) is 17.9. The van der Waals surface area contributed by atoms with E-state index in [2.05, 4.69) is 39.4 Å². The molecule has 6 heteroatoms. The Kier molecular flexibility index (Phi) is 5.36. The van der Waals surface area contributed by atoms with Crippen LogP contribution in [0.1, 0.15) is 10.4 Å². The van der Waals surface area contributed by atoms with E-state index in [-0.39, 0.29) is 5.82 Å². The maximum absolute atomic E-state index is 13.3. The highest BCUT2D eigenvalue weighted by Crippen LogP contribution is 2.33. The number of hydrogen-bond acceptors (Lipinski definition) is 4. The molecule has 0 saturated heterocycles. The number of rotatable bonds is 6. The summed E-state index contributed by atoms with van der Waals surface area (Å²) in [6.45, 7) is 2.12. The summed E-state index contributed by atoms with van der Waals surface area (Å²) in [5, 5.41) is 3.14. The van der Waals surface area contributed by atoms with Crippen LogP contribution >= 0.6 is 23.1 Å². The second-order valence-electron chi connectivity index (χ2n) is 6.20. The Balaban J connectivity index is 1.59. The number of hydrogen-bond donors (Lipinski definition) is 1. The molecule has 4 rings (SSSR count). The number of pyridine rings is 1. The average Bonchev–Trinajstić information content (AvgIpc) is 3.34. The Labute approximate surface area is 165 Å². The summed E-state index contributed by atoms with van der Waals surface area (Å²) in [4.78, 5) is 13.6. The predicted molar refractivity (Wildman–Crippen MR) is 111 cm³/mol. The van der Waals surface area contributed by atoms with Crippen molar-refractivity contribution in [1.82, 2.24) is 15.0 Å². The van der Waals surface area contributed by atoms with Gasteiger partial charge in [-0.05, 0) is 54.1 Å². The maximum atomic E-state index is 13.3. The molecule has 3 nitrogen and oxygen atoms in total. The molecular weight excluding hydrogens is 377 g/mol. The summed E-state index contributed by atoms with van der Waals surface area (Å²) in [6.07, 6.45) is 6.41. The highest BCUT2D eigenvalue weighted by Gasteiger charge is 2.12. The summed E-state index contributed by atoms with van der Waals surface area (Å²) in [5.74, 6) is 1.51. The van der Waals surface area contributed by atoms with Gasteiger partial charge >= 0.3 is 0 Å². The topological polar surface area (TPSA) is 41.6 Å². The largest absolute Gasteiger partial charge is 0.345 e. The number of H-pyrrole nitrogens is 1. The molecule has 0 aliphatic rings. The lowest BCUT2D eigenvalue weighted by Gasteiger charge is -2.10. The van der Waals surface area contributed by atoms with Crippen molar-refractivity contribution in [1.29, 1.82) is 0 Å². The Morgan fingerprint density at radius 1 is 1.11 bits per heavy atom. The van der Waals surface area contributed by atoms with Crippen molar-refractivity contribution < 1.29 is 4.39 Å². The van der Waals surface area contributed by atoms with Gasteiger partial charge in [-0.2, -0.15) is 0 Å². The Hall–Kier alpha value is -2.44. The van der Waals surface area contributed by atoms with Crippen LogP contribution in [0, 0.1) is 12.7 Å². The minimum Gasteiger partial charge on any atom is -0.345 e. The van der Waals surface area contributed by atoms with Gasteiger partial charge in [-0.1, -0.05) is 12.1 Å². The molecule has 0 spiro atoms.